The van der Waals surface area contributed by atoms with Crippen LogP contribution >= 0.6 is 0 Å². The zero-order valence-electron chi connectivity index (χ0n) is 19.9. The molecule has 6 rings (SSSR count). The quantitative estimate of drug-likeness (QED) is 0.687. The molecule has 3 fully saturated rings. The van der Waals surface area contributed by atoms with Gasteiger partial charge in [-0.1, -0.05) is 30.3 Å². The van der Waals surface area contributed by atoms with Crippen LogP contribution in [0.15, 0.2) is 42.6 Å². The first-order valence-electron chi connectivity index (χ1n) is 12.9. The molecule has 3 saturated heterocycles. The van der Waals surface area contributed by atoms with E-state index in [1.54, 1.807) is 4.90 Å². The van der Waals surface area contributed by atoms with Crippen molar-refractivity contribution in [3.8, 4) is 0 Å². The number of aliphatic hydroxyl groups is 1. The first kappa shape index (κ1) is 21.9. The zero-order valence-corrected chi connectivity index (χ0v) is 19.9. The summed E-state index contributed by atoms with van der Waals surface area (Å²) in [4.78, 5) is 26.1. The largest absolute Gasteiger partial charge is 0.390 e. The highest BCUT2D eigenvalue weighted by Crippen LogP contribution is 2.40. The standard InChI is InChI=1S/C27H35N5O2/c33-25(18-29-11-10-21-4-1-2-5-22(21)17-29)19-31-13-12-30(27(31)34)16-20-8-9-26(28-15-20)32-23-6-3-7-24(32)14-23/h1-2,4-5,8-9,15,23-25,33H,3,6-7,10-14,16-19H2/t23?,24?,25-/m1/s1. The Morgan fingerprint density at radius 3 is 2.53 bits per heavy atom. The third-order valence-corrected chi connectivity index (χ3v) is 8.14. The Bertz CT molecular complexity index is 1010. The number of anilines is 1. The lowest BCUT2D eigenvalue weighted by molar-refractivity contribution is 0.0812. The summed E-state index contributed by atoms with van der Waals surface area (Å²) >= 11 is 0. The Hall–Kier alpha value is -2.64. The van der Waals surface area contributed by atoms with Crippen molar-refractivity contribution < 1.29 is 9.90 Å². The number of piperidine rings is 1. The van der Waals surface area contributed by atoms with Crippen molar-refractivity contribution >= 4 is 11.8 Å². The van der Waals surface area contributed by atoms with E-state index < -0.39 is 6.10 Å². The maximum absolute atomic E-state index is 13.0. The van der Waals surface area contributed by atoms with Crippen molar-refractivity contribution in [2.24, 2.45) is 0 Å². The van der Waals surface area contributed by atoms with Crippen molar-refractivity contribution in [2.45, 2.75) is 63.4 Å². The first-order valence-corrected chi connectivity index (χ1v) is 12.9. The molecule has 7 heteroatoms. The topological polar surface area (TPSA) is 63.2 Å². The van der Waals surface area contributed by atoms with E-state index in [-0.39, 0.29) is 6.03 Å². The van der Waals surface area contributed by atoms with E-state index >= 15 is 0 Å². The molecule has 34 heavy (non-hydrogen) atoms. The highest BCUT2D eigenvalue weighted by atomic mass is 16.3. The summed E-state index contributed by atoms with van der Waals surface area (Å²) in [6.45, 7) is 4.76. The smallest absolute Gasteiger partial charge is 0.320 e. The van der Waals surface area contributed by atoms with Crippen LogP contribution in [0.1, 0.15) is 42.4 Å². The van der Waals surface area contributed by atoms with Gasteiger partial charge in [0.25, 0.3) is 0 Å². The van der Waals surface area contributed by atoms with Crippen LogP contribution in [0.2, 0.25) is 0 Å². The Morgan fingerprint density at radius 2 is 1.76 bits per heavy atom. The number of fused-ring (bicyclic) bond motifs is 3. The predicted molar refractivity (Wildman–Crippen MR) is 132 cm³/mol. The number of rotatable bonds is 7. The van der Waals surface area contributed by atoms with E-state index in [2.05, 4.69) is 46.2 Å². The lowest BCUT2D eigenvalue weighted by Crippen LogP contribution is -2.59. The van der Waals surface area contributed by atoms with Crippen molar-refractivity contribution in [1.29, 1.82) is 0 Å². The van der Waals surface area contributed by atoms with Gasteiger partial charge in [0.05, 0.1) is 6.10 Å². The van der Waals surface area contributed by atoms with Gasteiger partial charge in [0, 0.05) is 64.1 Å². The molecule has 1 N–H and O–H groups in total. The average molecular weight is 462 g/mol. The summed E-state index contributed by atoms with van der Waals surface area (Å²) in [5.74, 6) is 1.09. The van der Waals surface area contributed by atoms with E-state index in [1.165, 1.54) is 36.8 Å². The van der Waals surface area contributed by atoms with E-state index in [9.17, 15) is 9.90 Å². The Labute approximate surface area is 202 Å². The minimum absolute atomic E-state index is 0.0180. The van der Waals surface area contributed by atoms with Gasteiger partial charge in [-0.05, 0) is 54.9 Å². The minimum Gasteiger partial charge on any atom is -0.390 e. The second-order valence-electron chi connectivity index (χ2n) is 10.5. The lowest BCUT2D eigenvalue weighted by Gasteiger charge is -2.53. The molecule has 2 bridgehead atoms. The fraction of sp³-hybridized carbons (Fsp3) is 0.556. The van der Waals surface area contributed by atoms with Crippen LogP contribution in [0.3, 0.4) is 0 Å². The highest BCUT2D eigenvalue weighted by Gasteiger charge is 2.41. The second-order valence-corrected chi connectivity index (χ2v) is 10.5. The van der Waals surface area contributed by atoms with Crippen molar-refractivity contribution in [3.05, 3.63) is 59.3 Å². The normalized spacial score (nSPS) is 25.3. The van der Waals surface area contributed by atoms with Crippen LogP contribution in [-0.2, 0) is 19.5 Å². The number of hydrogen-bond acceptors (Lipinski definition) is 5. The number of carbonyl (C=O) groups is 1. The molecule has 0 saturated carbocycles. The zero-order chi connectivity index (χ0) is 23.1. The molecular formula is C27H35N5O2. The number of benzene rings is 1. The molecule has 0 spiro atoms. The second kappa shape index (κ2) is 9.19. The molecular weight excluding hydrogens is 426 g/mol. The van der Waals surface area contributed by atoms with Gasteiger partial charge in [0.2, 0.25) is 0 Å². The summed E-state index contributed by atoms with van der Waals surface area (Å²) in [6.07, 6.45) is 7.65. The number of aliphatic hydroxyl groups excluding tert-OH is 1. The van der Waals surface area contributed by atoms with E-state index in [4.69, 9.17) is 4.98 Å². The van der Waals surface area contributed by atoms with Gasteiger partial charge in [-0.25, -0.2) is 9.78 Å². The molecule has 3 atom stereocenters. The maximum atomic E-state index is 13.0. The molecule has 1 aromatic heterocycles. The molecule has 1 aromatic carbocycles. The summed E-state index contributed by atoms with van der Waals surface area (Å²) in [7, 11) is 0. The van der Waals surface area contributed by atoms with Gasteiger partial charge in [-0.3, -0.25) is 4.90 Å². The molecule has 7 nitrogen and oxygen atoms in total. The molecule has 2 aromatic rings. The van der Waals surface area contributed by atoms with Crippen molar-refractivity contribution in [3.63, 3.8) is 0 Å². The fourth-order valence-corrected chi connectivity index (χ4v) is 6.33. The summed E-state index contributed by atoms with van der Waals surface area (Å²) < 4.78 is 0. The maximum Gasteiger partial charge on any atom is 0.320 e. The van der Waals surface area contributed by atoms with Crippen LogP contribution in [0.5, 0.6) is 0 Å². The summed E-state index contributed by atoms with van der Waals surface area (Å²) in [6, 6.07) is 14.2. The van der Waals surface area contributed by atoms with Gasteiger partial charge < -0.3 is 19.8 Å². The van der Waals surface area contributed by atoms with Gasteiger partial charge >= 0.3 is 6.03 Å². The van der Waals surface area contributed by atoms with Gasteiger partial charge in [0.15, 0.2) is 0 Å². The number of amides is 2. The predicted octanol–water partition coefficient (Wildman–Crippen LogP) is 2.87. The molecule has 0 aliphatic carbocycles. The Balaban J connectivity index is 0.993. The third-order valence-electron chi connectivity index (χ3n) is 8.14. The fourth-order valence-electron chi connectivity index (χ4n) is 6.33. The van der Waals surface area contributed by atoms with E-state index in [0.717, 1.165) is 30.9 Å². The van der Waals surface area contributed by atoms with Crippen LogP contribution in [-0.4, -0.2) is 81.7 Å². The number of urea groups is 1. The summed E-state index contributed by atoms with van der Waals surface area (Å²) in [5.41, 5.74) is 3.83. The van der Waals surface area contributed by atoms with E-state index in [1.807, 2.05) is 11.1 Å². The summed E-state index contributed by atoms with van der Waals surface area (Å²) in [5, 5.41) is 10.7. The molecule has 0 radical (unpaired) electrons. The van der Waals surface area contributed by atoms with E-state index in [0.29, 0.717) is 44.8 Å². The number of β-amino-alcohol motifs (C(OH)–C–C–N with tert-alkyl or cyclic N) is 1. The van der Waals surface area contributed by atoms with Crippen LogP contribution < -0.4 is 4.90 Å². The van der Waals surface area contributed by atoms with Crippen molar-refractivity contribution in [2.75, 3.05) is 37.6 Å². The lowest BCUT2D eigenvalue weighted by atomic mass is 9.80. The number of nitrogens with zero attached hydrogens (tertiary/aromatic N) is 5. The average Bonchev–Trinajstić information content (AvgIpc) is 3.19. The van der Waals surface area contributed by atoms with Crippen LogP contribution in [0, 0.1) is 0 Å². The molecule has 5 heterocycles. The number of aromatic nitrogens is 1. The van der Waals surface area contributed by atoms with Gasteiger partial charge in [0.1, 0.15) is 5.82 Å². The Kier molecular flexibility index (Phi) is 5.91. The molecule has 2 unspecified atom stereocenters. The molecule has 4 aliphatic rings. The van der Waals surface area contributed by atoms with Gasteiger partial charge in [-0.15, -0.1) is 0 Å². The Morgan fingerprint density at radius 1 is 0.971 bits per heavy atom. The number of hydrogen-bond donors (Lipinski definition) is 1. The minimum atomic E-state index is -0.536. The number of pyridine rings is 1. The van der Waals surface area contributed by atoms with Gasteiger partial charge in [-0.2, -0.15) is 0 Å². The third kappa shape index (κ3) is 4.27. The molecule has 4 aliphatic heterocycles. The SMILES string of the molecule is O=C1N(Cc2ccc(N3C4CCCC3C4)nc2)CCN1C[C@H](O)CN1CCc2ccccc2C1. The first-order chi connectivity index (χ1) is 16.6. The molecule has 180 valence electrons. The van der Waals surface area contributed by atoms with Crippen LogP contribution in [0.25, 0.3) is 0 Å². The highest BCUT2D eigenvalue weighted by molar-refractivity contribution is 5.76. The van der Waals surface area contributed by atoms with Crippen LogP contribution in [0.4, 0.5) is 10.6 Å². The monoisotopic (exact) mass is 461 g/mol. The molecule has 2 amide bonds. The number of carbonyl (C=O) groups excluding carboxylic acids is 1. The van der Waals surface area contributed by atoms with Crippen molar-refractivity contribution in [1.82, 2.24) is 19.7 Å².